The second-order valence-corrected chi connectivity index (χ2v) is 6.79. The van der Waals surface area contributed by atoms with Gasteiger partial charge in [0, 0.05) is 21.5 Å². The van der Waals surface area contributed by atoms with Crippen LogP contribution in [-0.2, 0) is 9.53 Å². The largest absolute Gasteiger partial charge is 0.450 e. The number of nitrogens with one attached hydrogen (secondary N) is 1. The Bertz CT molecular complexity index is 736. The highest BCUT2D eigenvalue weighted by atomic mass is 79.9. The minimum Gasteiger partial charge on any atom is -0.450 e. The summed E-state index contributed by atoms with van der Waals surface area (Å²) in [6.45, 7) is 7.39. The summed E-state index contributed by atoms with van der Waals surface area (Å²) in [7, 11) is 0. The molecule has 1 aromatic carbocycles. The molecule has 23 heavy (non-hydrogen) atoms. The second-order valence-electron chi connectivity index (χ2n) is 5.87. The van der Waals surface area contributed by atoms with Crippen LogP contribution in [0.4, 0.5) is 0 Å². The Hall–Kier alpha value is -1.82. The van der Waals surface area contributed by atoms with Crippen molar-refractivity contribution in [3.05, 3.63) is 34.0 Å². The molecule has 5 nitrogen and oxygen atoms in total. The number of benzene rings is 1. The molecule has 0 unspecified atom stereocenters. The molecule has 0 spiro atoms. The molecule has 124 valence electrons. The lowest BCUT2D eigenvalue weighted by molar-refractivity contribution is -0.125. The van der Waals surface area contributed by atoms with Crippen molar-refractivity contribution in [2.24, 2.45) is 5.92 Å². The molecular weight excluding hydrogens is 362 g/mol. The van der Waals surface area contributed by atoms with E-state index in [-0.39, 0.29) is 24.3 Å². The van der Waals surface area contributed by atoms with Crippen molar-refractivity contribution in [3.8, 4) is 0 Å². The van der Waals surface area contributed by atoms with Gasteiger partial charge in [-0.25, -0.2) is 4.79 Å². The minimum absolute atomic E-state index is 0.0199. The molecule has 1 heterocycles. The third-order valence-corrected chi connectivity index (χ3v) is 4.30. The lowest BCUT2D eigenvalue weighted by Crippen LogP contribution is -2.38. The number of hydrogen-bond donors (Lipinski definition) is 1. The van der Waals surface area contributed by atoms with Gasteiger partial charge in [0.2, 0.25) is 5.76 Å². The number of halogens is 1. The van der Waals surface area contributed by atoms with Crippen LogP contribution >= 0.6 is 15.9 Å². The number of hydrogen-bond acceptors (Lipinski definition) is 4. The first-order valence-corrected chi connectivity index (χ1v) is 8.24. The van der Waals surface area contributed by atoms with Gasteiger partial charge in [-0.05, 0) is 38.0 Å². The zero-order chi connectivity index (χ0) is 17.1. The van der Waals surface area contributed by atoms with Crippen LogP contribution in [0.1, 0.15) is 36.9 Å². The van der Waals surface area contributed by atoms with Gasteiger partial charge >= 0.3 is 5.97 Å². The lowest BCUT2D eigenvalue weighted by Gasteiger charge is -2.17. The van der Waals surface area contributed by atoms with Crippen LogP contribution in [0.3, 0.4) is 0 Å². The van der Waals surface area contributed by atoms with Crippen LogP contribution in [0.5, 0.6) is 0 Å². The van der Waals surface area contributed by atoms with Gasteiger partial charge in [0.05, 0.1) is 0 Å². The topological polar surface area (TPSA) is 68.5 Å². The highest BCUT2D eigenvalue weighted by molar-refractivity contribution is 9.10. The molecule has 1 N–H and O–H groups in total. The van der Waals surface area contributed by atoms with Gasteiger partial charge in [0.25, 0.3) is 5.91 Å². The quantitative estimate of drug-likeness (QED) is 0.799. The molecule has 1 atom stereocenters. The Kier molecular flexibility index (Phi) is 5.46. The molecule has 0 fully saturated rings. The van der Waals surface area contributed by atoms with Gasteiger partial charge < -0.3 is 14.5 Å². The maximum Gasteiger partial charge on any atom is 0.375 e. The zero-order valence-electron chi connectivity index (χ0n) is 13.6. The van der Waals surface area contributed by atoms with E-state index in [4.69, 9.17) is 9.15 Å². The number of fused-ring (bicyclic) bond motifs is 1. The summed E-state index contributed by atoms with van der Waals surface area (Å²) >= 11 is 3.39. The third-order valence-electron chi connectivity index (χ3n) is 3.81. The van der Waals surface area contributed by atoms with E-state index in [1.54, 1.807) is 13.0 Å². The van der Waals surface area contributed by atoms with E-state index in [0.29, 0.717) is 17.1 Å². The minimum atomic E-state index is -0.637. The van der Waals surface area contributed by atoms with Crippen LogP contribution in [0.25, 0.3) is 11.0 Å². The summed E-state index contributed by atoms with van der Waals surface area (Å²) in [6, 6.07) is 5.51. The van der Waals surface area contributed by atoms with Gasteiger partial charge in [-0.2, -0.15) is 0 Å². The van der Waals surface area contributed by atoms with Crippen LogP contribution in [0, 0.1) is 12.8 Å². The number of carbonyl (C=O) groups excluding carboxylic acids is 2. The summed E-state index contributed by atoms with van der Waals surface area (Å²) in [6.07, 6.45) is 0. The van der Waals surface area contributed by atoms with Crippen LogP contribution in [0.15, 0.2) is 27.1 Å². The normalized spacial score (nSPS) is 12.4. The molecule has 1 aromatic heterocycles. The zero-order valence-corrected chi connectivity index (χ0v) is 15.2. The molecule has 0 radical (unpaired) electrons. The molecule has 0 saturated carbocycles. The number of aryl methyl sites for hydroxylation is 1. The van der Waals surface area contributed by atoms with Crippen LogP contribution in [0.2, 0.25) is 0 Å². The molecule has 1 amide bonds. The van der Waals surface area contributed by atoms with E-state index < -0.39 is 5.97 Å². The standard InChI is InChI=1S/C17H20BrNO4/c1-9(2)11(4)19-15(20)8-22-17(21)16-10(3)13-7-12(18)5-6-14(13)23-16/h5-7,9,11H,8H2,1-4H3,(H,19,20)/t11-/m0/s1. The number of amides is 1. The lowest BCUT2D eigenvalue weighted by atomic mass is 10.1. The summed E-state index contributed by atoms with van der Waals surface area (Å²) < 4.78 is 11.5. The Labute approximate surface area is 143 Å². The summed E-state index contributed by atoms with van der Waals surface area (Å²) in [5, 5.41) is 3.62. The Morgan fingerprint density at radius 3 is 2.65 bits per heavy atom. The first-order chi connectivity index (χ1) is 10.8. The average molecular weight is 382 g/mol. The van der Waals surface area contributed by atoms with Crippen LogP contribution < -0.4 is 5.32 Å². The van der Waals surface area contributed by atoms with Gasteiger partial charge in [-0.1, -0.05) is 29.8 Å². The van der Waals surface area contributed by atoms with Crippen molar-refractivity contribution in [3.63, 3.8) is 0 Å². The summed E-state index contributed by atoms with van der Waals surface area (Å²) in [5.41, 5.74) is 1.30. The third kappa shape index (κ3) is 4.13. The Morgan fingerprint density at radius 2 is 2.00 bits per heavy atom. The highest BCUT2D eigenvalue weighted by Crippen LogP contribution is 2.28. The maximum atomic E-state index is 12.1. The monoisotopic (exact) mass is 381 g/mol. The van der Waals surface area contributed by atoms with Crippen LogP contribution in [-0.4, -0.2) is 24.5 Å². The predicted octanol–water partition coefficient (Wildman–Crippen LogP) is 3.82. The summed E-state index contributed by atoms with van der Waals surface area (Å²) in [5.74, 6) is -0.522. The molecule has 6 heteroatoms. The van der Waals surface area contributed by atoms with E-state index in [1.807, 2.05) is 32.9 Å². The van der Waals surface area contributed by atoms with Crippen molar-refractivity contribution in [1.82, 2.24) is 5.32 Å². The van der Waals surface area contributed by atoms with Gasteiger partial charge in [-0.3, -0.25) is 4.79 Å². The van der Waals surface area contributed by atoms with Gasteiger partial charge in [0.15, 0.2) is 6.61 Å². The van der Waals surface area contributed by atoms with Crippen molar-refractivity contribution < 1.29 is 18.7 Å². The SMILES string of the molecule is Cc1c(C(=O)OCC(=O)N[C@@H](C)C(C)C)oc2ccc(Br)cc12. The fourth-order valence-electron chi connectivity index (χ4n) is 2.05. The maximum absolute atomic E-state index is 12.1. The predicted molar refractivity (Wildman–Crippen MR) is 91.4 cm³/mol. The molecular formula is C17H20BrNO4. The molecule has 0 aliphatic carbocycles. The number of rotatable bonds is 5. The first-order valence-electron chi connectivity index (χ1n) is 7.44. The number of furan rings is 1. The van der Waals surface area contributed by atoms with Gasteiger partial charge in [0.1, 0.15) is 5.58 Å². The smallest absolute Gasteiger partial charge is 0.375 e. The van der Waals surface area contributed by atoms with Crippen molar-refractivity contribution in [2.45, 2.75) is 33.7 Å². The highest BCUT2D eigenvalue weighted by Gasteiger charge is 2.20. The number of carbonyl (C=O) groups is 2. The fraction of sp³-hybridized carbons (Fsp3) is 0.412. The van der Waals surface area contributed by atoms with E-state index in [0.717, 1.165) is 9.86 Å². The Balaban J connectivity index is 2.04. The van der Waals surface area contributed by atoms with Crippen molar-refractivity contribution in [1.29, 1.82) is 0 Å². The fourth-order valence-corrected chi connectivity index (χ4v) is 2.41. The van der Waals surface area contributed by atoms with E-state index >= 15 is 0 Å². The van der Waals surface area contributed by atoms with E-state index in [2.05, 4.69) is 21.2 Å². The van der Waals surface area contributed by atoms with Crippen molar-refractivity contribution in [2.75, 3.05) is 6.61 Å². The molecule has 0 aliphatic heterocycles. The van der Waals surface area contributed by atoms with E-state index in [1.165, 1.54) is 0 Å². The molecule has 2 aromatic rings. The molecule has 0 saturated heterocycles. The second kappa shape index (κ2) is 7.17. The molecule has 0 bridgehead atoms. The number of ether oxygens (including phenoxy) is 1. The molecule has 2 rings (SSSR count). The van der Waals surface area contributed by atoms with Gasteiger partial charge in [-0.15, -0.1) is 0 Å². The van der Waals surface area contributed by atoms with Crippen molar-refractivity contribution >= 4 is 38.8 Å². The number of esters is 1. The Morgan fingerprint density at radius 1 is 1.30 bits per heavy atom. The van der Waals surface area contributed by atoms with E-state index in [9.17, 15) is 9.59 Å². The average Bonchev–Trinajstić information content (AvgIpc) is 2.81. The first kappa shape index (κ1) is 17.5. The molecule has 0 aliphatic rings. The summed E-state index contributed by atoms with van der Waals surface area (Å²) in [4.78, 5) is 23.9.